The average molecular weight is 588 g/mol. The Hall–Kier alpha value is -5.41. The third-order valence-electron chi connectivity index (χ3n) is 5.31. The third kappa shape index (κ3) is 5.40. The fourth-order valence-electron chi connectivity index (χ4n) is 3.50. The van der Waals surface area contributed by atoms with Crippen LogP contribution in [0.4, 0.5) is 27.5 Å². The van der Waals surface area contributed by atoms with Gasteiger partial charge in [0.2, 0.25) is 5.75 Å². The molecule has 1 saturated heterocycles. The predicted octanol–water partition coefficient (Wildman–Crippen LogP) is 5.18. The Morgan fingerprint density at radius 1 is 0.800 bits per heavy atom. The summed E-state index contributed by atoms with van der Waals surface area (Å²) < 4.78 is 5.47. The highest BCUT2D eigenvalue weighted by Crippen LogP contribution is 2.41. The first-order valence-corrected chi connectivity index (χ1v) is 11.4. The number of hydrogen-bond acceptors (Lipinski definition) is 10. The van der Waals surface area contributed by atoms with Crippen molar-refractivity contribution in [2.75, 3.05) is 4.90 Å². The van der Waals surface area contributed by atoms with Crippen LogP contribution >= 0.6 is 23.2 Å². The van der Waals surface area contributed by atoms with Gasteiger partial charge in [0, 0.05) is 18.2 Å². The molecule has 17 heteroatoms. The molecule has 0 spiro atoms. The van der Waals surface area contributed by atoms with Crippen molar-refractivity contribution in [1.29, 1.82) is 0 Å². The number of carbonyl (C=O) groups excluding carboxylic acids is 3. The summed E-state index contributed by atoms with van der Waals surface area (Å²) in [5.74, 6) is -2.74. The maximum Gasteiger partial charge on any atom is 0.335 e. The van der Waals surface area contributed by atoms with Crippen LogP contribution in [0.25, 0.3) is 6.08 Å². The number of non-ortho nitro benzene ring substituents is 2. The molecule has 1 aliphatic heterocycles. The zero-order valence-electron chi connectivity index (χ0n) is 19.4. The number of nitrogens with one attached hydrogen (secondary N) is 1. The first-order valence-electron chi connectivity index (χ1n) is 10.6. The fourth-order valence-corrected chi connectivity index (χ4v) is 4.08. The molecule has 40 heavy (non-hydrogen) atoms. The summed E-state index contributed by atoms with van der Waals surface area (Å²) in [6.07, 6.45) is 1.07. The van der Waals surface area contributed by atoms with Gasteiger partial charge in [-0.25, -0.2) is 9.69 Å². The van der Waals surface area contributed by atoms with Crippen LogP contribution in [0.15, 0.2) is 60.2 Å². The van der Waals surface area contributed by atoms with E-state index in [0.717, 1.165) is 42.5 Å². The van der Waals surface area contributed by atoms with Crippen LogP contribution in [0.1, 0.15) is 5.56 Å². The van der Waals surface area contributed by atoms with Crippen LogP contribution in [0.2, 0.25) is 10.0 Å². The molecule has 0 radical (unpaired) electrons. The molecule has 15 nitrogen and oxygen atoms in total. The number of barbiturate groups is 1. The molecule has 0 bridgehead atoms. The Bertz CT molecular complexity index is 1650. The Labute approximate surface area is 231 Å². The van der Waals surface area contributed by atoms with E-state index in [1.54, 1.807) is 0 Å². The van der Waals surface area contributed by atoms with Gasteiger partial charge in [-0.1, -0.05) is 23.2 Å². The van der Waals surface area contributed by atoms with Crippen LogP contribution in [-0.2, 0) is 9.59 Å². The first-order chi connectivity index (χ1) is 18.9. The zero-order chi connectivity index (χ0) is 29.3. The predicted molar refractivity (Wildman–Crippen MR) is 138 cm³/mol. The largest absolute Gasteiger partial charge is 0.447 e. The molecule has 202 valence electrons. The Morgan fingerprint density at radius 2 is 1.38 bits per heavy atom. The zero-order valence-corrected chi connectivity index (χ0v) is 20.9. The number of imide groups is 2. The SMILES string of the molecule is O=C1NC(=O)N(c2ccc([N+](=O)[O-])cc2)C(=O)/C1=C/c1cc(Cl)c(Oc2ccc([N+](=O)[O-])cc2[N+](=O)[O-])c(Cl)c1. The van der Waals surface area contributed by atoms with Gasteiger partial charge in [0.1, 0.15) is 5.57 Å². The molecule has 1 heterocycles. The number of rotatable bonds is 7. The van der Waals surface area contributed by atoms with Crippen LogP contribution in [0.3, 0.4) is 0 Å². The normalized spacial score (nSPS) is 14.2. The summed E-state index contributed by atoms with van der Waals surface area (Å²) >= 11 is 12.5. The first kappa shape index (κ1) is 27.6. The number of nitro groups is 3. The number of ether oxygens (including phenoxy) is 1. The van der Waals surface area contributed by atoms with Crippen LogP contribution < -0.4 is 15.0 Å². The molecule has 1 N–H and O–H groups in total. The van der Waals surface area contributed by atoms with Gasteiger partial charge in [-0.05, 0) is 42.0 Å². The molecule has 0 atom stereocenters. The van der Waals surface area contributed by atoms with Gasteiger partial charge in [-0.2, -0.15) is 0 Å². The number of nitro benzene ring substituents is 3. The Balaban J connectivity index is 1.67. The Kier molecular flexibility index (Phi) is 7.43. The van der Waals surface area contributed by atoms with Gasteiger partial charge in [-0.3, -0.25) is 45.2 Å². The second-order valence-corrected chi connectivity index (χ2v) is 8.63. The molecular weight excluding hydrogens is 577 g/mol. The van der Waals surface area contributed by atoms with E-state index in [-0.39, 0.29) is 32.7 Å². The van der Waals surface area contributed by atoms with Gasteiger partial charge in [0.15, 0.2) is 5.75 Å². The van der Waals surface area contributed by atoms with Crippen molar-refractivity contribution in [3.8, 4) is 11.5 Å². The van der Waals surface area contributed by atoms with E-state index < -0.39 is 55.3 Å². The van der Waals surface area contributed by atoms with Crippen LogP contribution in [0, 0.1) is 30.3 Å². The molecule has 4 rings (SSSR count). The van der Waals surface area contributed by atoms with E-state index in [1.807, 2.05) is 5.32 Å². The van der Waals surface area contributed by atoms with Crippen molar-refractivity contribution in [3.05, 3.63) is 106 Å². The smallest absolute Gasteiger partial charge is 0.335 e. The summed E-state index contributed by atoms with van der Waals surface area (Å²) in [7, 11) is 0. The van der Waals surface area contributed by atoms with E-state index in [4.69, 9.17) is 27.9 Å². The minimum absolute atomic E-state index is 0.0454. The van der Waals surface area contributed by atoms with E-state index in [0.29, 0.717) is 11.0 Å². The molecule has 1 fully saturated rings. The Morgan fingerprint density at radius 3 is 1.93 bits per heavy atom. The van der Waals surface area contributed by atoms with Crippen molar-refractivity contribution < 1.29 is 33.9 Å². The monoisotopic (exact) mass is 587 g/mol. The van der Waals surface area contributed by atoms with E-state index in [2.05, 4.69) is 0 Å². The molecule has 3 aromatic rings. The van der Waals surface area contributed by atoms with Crippen molar-refractivity contribution in [2.45, 2.75) is 0 Å². The lowest BCUT2D eigenvalue weighted by atomic mass is 10.1. The molecule has 0 saturated carbocycles. The maximum absolute atomic E-state index is 13.1. The second-order valence-electron chi connectivity index (χ2n) is 7.81. The fraction of sp³-hybridized carbons (Fsp3) is 0. The van der Waals surface area contributed by atoms with Gasteiger partial charge in [0.25, 0.3) is 23.2 Å². The summed E-state index contributed by atoms with van der Waals surface area (Å²) in [6.45, 7) is 0. The summed E-state index contributed by atoms with van der Waals surface area (Å²) in [5.41, 5.74) is -2.02. The van der Waals surface area contributed by atoms with Crippen molar-refractivity contribution in [2.24, 2.45) is 0 Å². The van der Waals surface area contributed by atoms with Crippen molar-refractivity contribution in [3.63, 3.8) is 0 Å². The molecule has 1 aliphatic rings. The highest BCUT2D eigenvalue weighted by Gasteiger charge is 2.37. The third-order valence-corrected chi connectivity index (χ3v) is 5.88. The van der Waals surface area contributed by atoms with E-state index in [9.17, 15) is 44.7 Å². The number of amides is 4. The number of urea groups is 1. The highest BCUT2D eigenvalue weighted by atomic mass is 35.5. The van der Waals surface area contributed by atoms with E-state index in [1.165, 1.54) is 12.1 Å². The number of hydrogen-bond donors (Lipinski definition) is 1. The molecule has 0 aromatic heterocycles. The van der Waals surface area contributed by atoms with Gasteiger partial charge < -0.3 is 4.74 Å². The average Bonchev–Trinajstić information content (AvgIpc) is 2.88. The molecule has 0 aliphatic carbocycles. The lowest BCUT2D eigenvalue weighted by Crippen LogP contribution is -2.54. The number of carbonyl (C=O) groups is 3. The van der Waals surface area contributed by atoms with Crippen molar-refractivity contribution in [1.82, 2.24) is 5.32 Å². The van der Waals surface area contributed by atoms with Gasteiger partial charge >= 0.3 is 11.7 Å². The number of anilines is 1. The van der Waals surface area contributed by atoms with E-state index >= 15 is 0 Å². The summed E-state index contributed by atoms with van der Waals surface area (Å²) in [4.78, 5) is 69.3. The van der Waals surface area contributed by atoms with Crippen LogP contribution in [-0.4, -0.2) is 32.6 Å². The summed E-state index contributed by atoms with van der Waals surface area (Å²) in [5, 5.41) is 34.8. The highest BCUT2D eigenvalue weighted by molar-refractivity contribution is 6.40. The molecular formula is C23H11Cl2N5O10. The lowest BCUT2D eigenvalue weighted by molar-refractivity contribution is -0.394. The topological polar surface area (TPSA) is 205 Å². The number of halogens is 2. The molecule has 3 aromatic carbocycles. The minimum atomic E-state index is -1.08. The standard InChI is InChI=1S/C23H11Cl2N5O10/c24-16-8-11(9-17(25)20(16)40-19-6-5-14(29(36)37)10-18(19)30(38)39)7-15-21(31)26-23(33)27(22(15)32)12-1-3-13(4-2-12)28(34)35/h1-10H,(H,26,31,33)/b15-7+. The van der Waals surface area contributed by atoms with Gasteiger partial charge in [-0.15, -0.1) is 0 Å². The number of nitrogens with zero attached hydrogens (tertiary/aromatic N) is 4. The number of benzene rings is 3. The second kappa shape index (κ2) is 10.8. The quantitative estimate of drug-likeness (QED) is 0.166. The molecule has 0 unspecified atom stereocenters. The minimum Gasteiger partial charge on any atom is -0.447 e. The van der Waals surface area contributed by atoms with Crippen LogP contribution in [0.5, 0.6) is 11.5 Å². The van der Waals surface area contributed by atoms with Crippen molar-refractivity contribution >= 4 is 69.9 Å². The van der Waals surface area contributed by atoms with Gasteiger partial charge in [0.05, 0.1) is 36.6 Å². The lowest BCUT2D eigenvalue weighted by Gasteiger charge is -2.26. The molecule has 4 amide bonds. The summed E-state index contributed by atoms with van der Waals surface area (Å²) in [6, 6.07) is 8.46. The maximum atomic E-state index is 13.1.